The highest BCUT2D eigenvalue weighted by atomic mass is 32.2. The third kappa shape index (κ3) is 3.10. The highest BCUT2D eigenvalue weighted by Crippen LogP contribution is 2.18. The first kappa shape index (κ1) is 14.4. The first-order valence-electron chi connectivity index (χ1n) is 6.06. The van der Waals surface area contributed by atoms with E-state index in [2.05, 4.69) is 0 Å². The Morgan fingerprint density at radius 3 is 2.47 bits per heavy atom. The number of halogens is 2. The van der Waals surface area contributed by atoms with E-state index in [0.717, 1.165) is 29.3 Å². The molecule has 1 saturated heterocycles. The zero-order valence-corrected chi connectivity index (χ0v) is 11.5. The number of nitrogens with zero attached hydrogens (tertiary/aromatic N) is 2. The third-order valence-electron chi connectivity index (χ3n) is 3.19. The topological polar surface area (TPSA) is 40.6 Å². The fourth-order valence-electron chi connectivity index (χ4n) is 2.09. The van der Waals surface area contributed by atoms with Crippen molar-refractivity contribution in [3.8, 4) is 0 Å². The zero-order valence-electron chi connectivity index (χ0n) is 10.6. The van der Waals surface area contributed by atoms with E-state index in [1.165, 1.54) is 17.4 Å². The predicted octanol–water partition coefficient (Wildman–Crippen LogP) is 1.74. The van der Waals surface area contributed by atoms with E-state index in [1.807, 2.05) is 0 Å². The van der Waals surface area contributed by atoms with E-state index in [-0.39, 0.29) is 12.1 Å². The van der Waals surface area contributed by atoms with Crippen LogP contribution in [-0.2, 0) is 16.8 Å². The van der Waals surface area contributed by atoms with Gasteiger partial charge in [-0.15, -0.1) is 0 Å². The van der Waals surface area contributed by atoms with Gasteiger partial charge in [-0.25, -0.2) is 8.78 Å². The van der Waals surface area contributed by atoms with Crippen LogP contribution in [0.3, 0.4) is 0 Å². The van der Waals surface area contributed by atoms with Gasteiger partial charge in [0.25, 0.3) is 10.2 Å². The summed E-state index contributed by atoms with van der Waals surface area (Å²) < 4.78 is 53.1. The number of rotatable bonds is 4. The molecule has 0 radical (unpaired) electrons. The molecule has 0 saturated carbocycles. The summed E-state index contributed by atoms with van der Waals surface area (Å²) in [5.41, 5.74) is 0.159. The zero-order chi connectivity index (χ0) is 14.0. The second kappa shape index (κ2) is 5.52. The maximum absolute atomic E-state index is 13.5. The van der Waals surface area contributed by atoms with Crippen LogP contribution in [0.4, 0.5) is 8.78 Å². The standard InChI is InChI=1S/C12H16F2N2O2S/c1-15(19(17,18)16-6-2-3-7-16)9-10-4-5-11(13)8-12(10)14/h4-5,8H,2-3,6-7,9H2,1H3. The maximum atomic E-state index is 13.5. The van der Waals surface area contributed by atoms with Crippen LogP contribution >= 0.6 is 0 Å². The SMILES string of the molecule is CN(Cc1ccc(F)cc1F)S(=O)(=O)N1CCCC1. The quantitative estimate of drug-likeness (QED) is 0.847. The van der Waals surface area contributed by atoms with Gasteiger partial charge < -0.3 is 0 Å². The van der Waals surface area contributed by atoms with Crippen LogP contribution in [0.25, 0.3) is 0 Å². The van der Waals surface area contributed by atoms with Crippen molar-refractivity contribution in [1.82, 2.24) is 8.61 Å². The molecule has 1 aliphatic rings. The Kier molecular flexibility index (Phi) is 4.17. The largest absolute Gasteiger partial charge is 0.282 e. The molecule has 1 aromatic rings. The Labute approximate surface area is 111 Å². The summed E-state index contributed by atoms with van der Waals surface area (Å²) in [6, 6.07) is 3.14. The van der Waals surface area contributed by atoms with Gasteiger partial charge in [0.2, 0.25) is 0 Å². The van der Waals surface area contributed by atoms with Crippen LogP contribution in [0.15, 0.2) is 18.2 Å². The molecule has 7 heteroatoms. The molecule has 4 nitrogen and oxygen atoms in total. The lowest BCUT2D eigenvalue weighted by Crippen LogP contribution is -2.39. The van der Waals surface area contributed by atoms with E-state index in [9.17, 15) is 17.2 Å². The van der Waals surface area contributed by atoms with Gasteiger partial charge in [0, 0.05) is 38.3 Å². The Hall–Kier alpha value is -1.05. The summed E-state index contributed by atoms with van der Waals surface area (Å²) in [7, 11) is -2.16. The van der Waals surface area contributed by atoms with Gasteiger partial charge in [0.1, 0.15) is 11.6 Å². The molecule has 0 bridgehead atoms. The van der Waals surface area contributed by atoms with Crippen molar-refractivity contribution in [2.45, 2.75) is 19.4 Å². The molecule has 19 heavy (non-hydrogen) atoms. The first-order valence-corrected chi connectivity index (χ1v) is 7.46. The van der Waals surface area contributed by atoms with Gasteiger partial charge in [-0.3, -0.25) is 0 Å². The molecule has 106 valence electrons. The molecule has 0 aromatic heterocycles. The molecular weight excluding hydrogens is 274 g/mol. The molecule has 0 spiro atoms. The number of benzene rings is 1. The summed E-state index contributed by atoms with van der Waals surface area (Å²) in [6.45, 7) is 0.891. The lowest BCUT2D eigenvalue weighted by atomic mass is 10.2. The minimum absolute atomic E-state index is 0.106. The average molecular weight is 290 g/mol. The van der Waals surface area contributed by atoms with Crippen molar-refractivity contribution in [1.29, 1.82) is 0 Å². The van der Waals surface area contributed by atoms with E-state index >= 15 is 0 Å². The van der Waals surface area contributed by atoms with Crippen molar-refractivity contribution >= 4 is 10.2 Å². The lowest BCUT2D eigenvalue weighted by Gasteiger charge is -2.23. The maximum Gasteiger partial charge on any atom is 0.282 e. The molecule has 0 unspecified atom stereocenters. The van der Waals surface area contributed by atoms with E-state index in [1.54, 1.807) is 0 Å². The van der Waals surface area contributed by atoms with Gasteiger partial charge in [0.15, 0.2) is 0 Å². The monoisotopic (exact) mass is 290 g/mol. The average Bonchev–Trinajstić information content (AvgIpc) is 2.86. The molecule has 1 aromatic carbocycles. The van der Waals surface area contributed by atoms with Crippen molar-refractivity contribution in [3.05, 3.63) is 35.4 Å². The van der Waals surface area contributed by atoms with Crippen molar-refractivity contribution in [2.24, 2.45) is 0 Å². The Bertz CT molecular complexity index is 557. The molecule has 1 fully saturated rings. The van der Waals surface area contributed by atoms with Gasteiger partial charge in [-0.2, -0.15) is 17.0 Å². The second-order valence-electron chi connectivity index (χ2n) is 4.61. The molecule has 0 aliphatic carbocycles. The van der Waals surface area contributed by atoms with Crippen LogP contribution < -0.4 is 0 Å². The molecule has 0 amide bonds. The molecule has 1 heterocycles. The van der Waals surface area contributed by atoms with E-state index < -0.39 is 21.8 Å². The molecular formula is C12H16F2N2O2S. The van der Waals surface area contributed by atoms with E-state index in [4.69, 9.17) is 0 Å². The van der Waals surface area contributed by atoms with Crippen molar-refractivity contribution in [2.75, 3.05) is 20.1 Å². The summed E-state index contributed by atoms with van der Waals surface area (Å²) >= 11 is 0. The second-order valence-corrected chi connectivity index (χ2v) is 6.64. The van der Waals surface area contributed by atoms with Crippen LogP contribution in [0.5, 0.6) is 0 Å². The van der Waals surface area contributed by atoms with Crippen LogP contribution in [-0.4, -0.2) is 37.2 Å². The Morgan fingerprint density at radius 1 is 1.26 bits per heavy atom. The predicted molar refractivity (Wildman–Crippen MR) is 67.6 cm³/mol. The van der Waals surface area contributed by atoms with Gasteiger partial charge in [-0.05, 0) is 18.9 Å². The fraction of sp³-hybridized carbons (Fsp3) is 0.500. The highest BCUT2D eigenvalue weighted by molar-refractivity contribution is 7.86. The van der Waals surface area contributed by atoms with Crippen LogP contribution in [0.1, 0.15) is 18.4 Å². The van der Waals surface area contributed by atoms with Crippen LogP contribution in [0.2, 0.25) is 0 Å². The fourth-order valence-corrected chi connectivity index (χ4v) is 3.50. The van der Waals surface area contributed by atoms with Gasteiger partial charge in [-0.1, -0.05) is 6.07 Å². The number of hydrogen-bond donors (Lipinski definition) is 0. The summed E-state index contributed by atoms with van der Waals surface area (Å²) in [5.74, 6) is -1.41. The Morgan fingerprint density at radius 2 is 1.89 bits per heavy atom. The minimum atomic E-state index is -3.56. The molecule has 0 atom stereocenters. The van der Waals surface area contributed by atoms with Crippen molar-refractivity contribution in [3.63, 3.8) is 0 Å². The Balaban J connectivity index is 2.14. The minimum Gasteiger partial charge on any atom is -0.207 e. The summed E-state index contributed by atoms with van der Waals surface area (Å²) in [6.07, 6.45) is 1.69. The highest BCUT2D eigenvalue weighted by Gasteiger charge is 2.29. The third-order valence-corrected chi connectivity index (χ3v) is 5.13. The van der Waals surface area contributed by atoms with Gasteiger partial charge >= 0.3 is 0 Å². The normalized spacial score (nSPS) is 17.3. The summed E-state index contributed by atoms with van der Waals surface area (Å²) in [5, 5.41) is 0. The molecule has 0 N–H and O–H groups in total. The van der Waals surface area contributed by atoms with Crippen LogP contribution in [0, 0.1) is 11.6 Å². The smallest absolute Gasteiger partial charge is 0.207 e. The molecule has 1 aliphatic heterocycles. The lowest BCUT2D eigenvalue weighted by molar-refractivity contribution is 0.387. The molecule has 2 rings (SSSR count). The summed E-state index contributed by atoms with van der Waals surface area (Å²) in [4.78, 5) is 0. The first-order chi connectivity index (χ1) is 8.91. The van der Waals surface area contributed by atoms with E-state index in [0.29, 0.717) is 13.1 Å². The van der Waals surface area contributed by atoms with Gasteiger partial charge in [0.05, 0.1) is 0 Å². The van der Waals surface area contributed by atoms with Crippen molar-refractivity contribution < 1.29 is 17.2 Å². The number of hydrogen-bond acceptors (Lipinski definition) is 2.